The molecule has 0 aliphatic carbocycles. The highest BCUT2D eigenvalue weighted by atomic mass is 32.1. The van der Waals surface area contributed by atoms with Gasteiger partial charge in [-0.1, -0.05) is 6.07 Å². The lowest BCUT2D eigenvalue weighted by atomic mass is 10.3. The van der Waals surface area contributed by atoms with E-state index in [2.05, 4.69) is 16.7 Å². The van der Waals surface area contributed by atoms with Crippen LogP contribution in [0.3, 0.4) is 0 Å². The number of nitrogens with one attached hydrogen (secondary N) is 2. The molecule has 0 saturated heterocycles. The molecule has 0 aliphatic rings. The molecule has 0 atom stereocenters. The number of benzene rings is 1. The number of rotatable bonds is 6. The summed E-state index contributed by atoms with van der Waals surface area (Å²) < 4.78 is 12.7. The lowest BCUT2D eigenvalue weighted by molar-refractivity contribution is -0.115. The summed E-state index contributed by atoms with van der Waals surface area (Å²) in [6, 6.07) is 9.81. The molecule has 19 heavy (non-hydrogen) atoms. The molecular weight excluding hydrogens is 263 g/mol. The van der Waals surface area contributed by atoms with Gasteiger partial charge in [-0.25, -0.2) is 4.39 Å². The van der Waals surface area contributed by atoms with Crippen molar-refractivity contribution in [2.24, 2.45) is 0 Å². The molecule has 3 nitrogen and oxygen atoms in total. The summed E-state index contributed by atoms with van der Waals surface area (Å²) in [5.41, 5.74) is 0.603. The second kappa shape index (κ2) is 7.01. The van der Waals surface area contributed by atoms with E-state index in [0.717, 1.165) is 13.0 Å². The number of hydrogen-bond acceptors (Lipinski definition) is 3. The zero-order valence-electron chi connectivity index (χ0n) is 10.4. The first-order valence-corrected chi connectivity index (χ1v) is 6.90. The van der Waals surface area contributed by atoms with Gasteiger partial charge in [0.1, 0.15) is 5.82 Å². The molecule has 1 aromatic carbocycles. The van der Waals surface area contributed by atoms with E-state index < -0.39 is 0 Å². The smallest absolute Gasteiger partial charge is 0.238 e. The topological polar surface area (TPSA) is 41.1 Å². The van der Waals surface area contributed by atoms with Crippen LogP contribution < -0.4 is 10.6 Å². The minimum absolute atomic E-state index is 0.127. The third-order valence-corrected chi connectivity index (χ3v) is 3.48. The molecule has 0 bridgehead atoms. The third kappa shape index (κ3) is 4.81. The van der Waals surface area contributed by atoms with Crippen LogP contribution in [0.25, 0.3) is 0 Å². The van der Waals surface area contributed by atoms with E-state index in [-0.39, 0.29) is 18.3 Å². The van der Waals surface area contributed by atoms with Gasteiger partial charge in [0.25, 0.3) is 0 Å². The van der Waals surface area contributed by atoms with Crippen LogP contribution in [0.2, 0.25) is 0 Å². The van der Waals surface area contributed by atoms with E-state index in [4.69, 9.17) is 0 Å². The third-order valence-electron chi connectivity index (χ3n) is 2.54. The first-order valence-electron chi connectivity index (χ1n) is 6.02. The Morgan fingerprint density at radius 1 is 1.21 bits per heavy atom. The van der Waals surface area contributed by atoms with Crippen molar-refractivity contribution in [3.8, 4) is 0 Å². The van der Waals surface area contributed by atoms with Gasteiger partial charge >= 0.3 is 0 Å². The molecular formula is C14H15FN2OS. The number of carbonyl (C=O) groups excluding carboxylic acids is 1. The Labute approximate surface area is 115 Å². The quantitative estimate of drug-likeness (QED) is 0.798. The maximum atomic E-state index is 12.7. The van der Waals surface area contributed by atoms with Crippen LogP contribution >= 0.6 is 11.3 Å². The maximum absolute atomic E-state index is 12.7. The number of hydrogen-bond donors (Lipinski definition) is 2. The van der Waals surface area contributed by atoms with Crippen molar-refractivity contribution >= 4 is 22.9 Å². The van der Waals surface area contributed by atoms with Crippen molar-refractivity contribution in [1.29, 1.82) is 0 Å². The van der Waals surface area contributed by atoms with Gasteiger partial charge in [0, 0.05) is 17.1 Å². The van der Waals surface area contributed by atoms with Crippen molar-refractivity contribution in [2.45, 2.75) is 6.42 Å². The lowest BCUT2D eigenvalue weighted by Crippen LogP contribution is -2.29. The highest BCUT2D eigenvalue weighted by molar-refractivity contribution is 7.09. The monoisotopic (exact) mass is 278 g/mol. The Kier molecular flexibility index (Phi) is 5.06. The van der Waals surface area contributed by atoms with E-state index in [1.165, 1.54) is 17.0 Å². The Bertz CT molecular complexity index is 511. The second-order valence-electron chi connectivity index (χ2n) is 4.06. The maximum Gasteiger partial charge on any atom is 0.238 e. The van der Waals surface area contributed by atoms with Crippen LogP contribution in [0.15, 0.2) is 41.8 Å². The molecule has 100 valence electrons. The molecule has 2 aromatic rings. The van der Waals surface area contributed by atoms with Crippen molar-refractivity contribution < 1.29 is 9.18 Å². The highest BCUT2D eigenvalue weighted by Crippen LogP contribution is 2.08. The number of carbonyl (C=O) groups is 1. The molecule has 0 radical (unpaired) electrons. The van der Waals surface area contributed by atoms with Crippen LogP contribution in [0.5, 0.6) is 0 Å². The average molecular weight is 278 g/mol. The first kappa shape index (κ1) is 13.7. The Morgan fingerprint density at radius 2 is 2.00 bits per heavy atom. The number of anilines is 1. The number of amides is 1. The van der Waals surface area contributed by atoms with Gasteiger partial charge in [0.15, 0.2) is 0 Å². The summed E-state index contributed by atoms with van der Waals surface area (Å²) in [5.74, 6) is -0.440. The Balaban J connectivity index is 1.65. The van der Waals surface area contributed by atoms with Crippen LogP contribution in [0.4, 0.5) is 10.1 Å². The number of halogens is 1. The first-order chi connectivity index (χ1) is 9.24. The molecule has 0 spiro atoms. The van der Waals surface area contributed by atoms with Crippen molar-refractivity contribution in [1.82, 2.24) is 5.32 Å². The molecule has 2 rings (SSSR count). The van der Waals surface area contributed by atoms with Gasteiger partial charge in [-0.05, 0) is 42.1 Å². The van der Waals surface area contributed by atoms with E-state index in [1.807, 2.05) is 11.4 Å². The second-order valence-corrected chi connectivity index (χ2v) is 5.09. The lowest BCUT2D eigenvalue weighted by Gasteiger charge is -2.06. The molecule has 1 amide bonds. The molecule has 1 aromatic heterocycles. The van der Waals surface area contributed by atoms with Crippen LogP contribution in [-0.4, -0.2) is 19.0 Å². The van der Waals surface area contributed by atoms with Crippen molar-refractivity contribution in [3.05, 3.63) is 52.5 Å². The molecule has 0 fully saturated rings. The Hall–Kier alpha value is -1.72. The van der Waals surface area contributed by atoms with E-state index in [1.54, 1.807) is 23.5 Å². The fraction of sp³-hybridized carbons (Fsp3) is 0.214. The predicted molar refractivity (Wildman–Crippen MR) is 75.9 cm³/mol. The molecule has 0 aliphatic heterocycles. The predicted octanol–water partition coefficient (Wildman–Crippen LogP) is 2.66. The summed E-state index contributed by atoms with van der Waals surface area (Å²) in [4.78, 5) is 12.9. The fourth-order valence-electron chi connectivity index (χ4n) is 1.61. The molecule has 5 heteroatoms. The summed E-state index contributed by atoms with van der Waals surface area (Å²) in [7, 11) is 0. The average Bonchev–Trinajstić information content (AvgIpc) is 2.91. The van der Waals surface area contributed by atoms with E-state index in [0.29, 0.717) is 5.69 Å². The van der Waals surface area contributed by atoms with Gasteiger partial charge in [0.2, 0.25) is 5.91 Å². The van der Waals surface area contributed by atoms with Gasteiger partial charge in [-0.15, -0.1) is 11.3 Å². The summed E-state index contributed by atoms with van der Waals surface area (Å²) >= 11 is 1.71. The zero-order valence-corrected chi connectivity index (χ0v) is 11.2. The summed E-state index contributed by atoms with van der Waals surface area (Å²) in [6.07, 6.45) is 0.918. The molecule has 0 unspecified atom stereocenters. The Morgan fingerprint density at radius 3 is 2.68 bits per heavy atom. The van der Waals surface area contributed by atoms with Crippen molar-refractivity contribution in [3.63, 3.8) is 0 Å². The van der Waals surface area contributed by atoms with E-state index >= 15 is 0 Å². The summed E-state index contributed by atoms with van der Waals surface area (Å²) in [5, 5.41) is 7.81. The largest absolute Gasteiger partial charge is 0.325 e. The molecule has 1 heterocycles. The molecule has 0 saturated carbocycles. The SMILES string of the molecule is O=C(CNCCc1cccs1)Nc1ccc(F)cc1. The van der Waals surface area contributed by atoms with E-state index in [9.17, 15) is 9.18 Å². The minimum Gasteiger partial charge on any atom is -0.325 e. The van der Waals surface area contributed by atoms with Gasteiger partial charge in [-0.3, -0.25) is 4.79 Å². The van der Waals surface area contributed by atoms with Gasteiger partial charge in [0.05, 0.1) is 6.54 Å². The van der Waals surface area contributed by atoms with Crippen LogP contribution in [0, 0.1) is 5.82 Å². The summed E-state index contributed by atoms with van der Waals surface area (Å²) in [6.45, 7) is 1.01. The van der Waals surface area contributed by atoms with Crippen molar-refractivity contribution in [2.75, 3.05) is 18.4 Å². The zero-order chi connectivity index (χ0) is 13.5. The van der Waals surface area contributed by atoms with Crippen LogP contribution in [-0.2, 0) is 11.2 Å². The fourth-order valence-corrected chi connectivity index (χ4v) is 2.32. The highest BCUT2D eigenvalue weighted by Gasteiger charge is 2.02. The van der Waals surface area contributed by atoms with Gasteiger partial charge in [-0.2, -0.15) is 0 Å². The molecule has 2 N–H and O–H groups in total. The van der Waals surface area contributed by atoms with Crippen LogP contribution in [0.1, 0.15) is 4.88 Å². The number of thiophene rings is 1. The normalized spacial score (nSPS) is 10.4. The standard InChI is InChI=1S/C14H15FN2OS/c15-11-3-5-12(6-4-11)17-14(18)10-16-8-7-13-2-1-9-19-13/h1-6,9,16H,7-8,10H2,(H,17,18). The van der Waals surface area contributed by atoms with Gasteiger partial charge < -0.3 is 10.6 Å². The minimum atomic E-state index is -0.313.